The van der Waals surface area contributed by atoms with Crippen molar-refractivity contribution in [3.05, 3.63) is 23.8 Å². The molecule has 1 aromatic carbocycles. The molecule has 2 fully saturated rings. The van der Waals surface area contributed by atoms with E-state index in [1.807, 2.05) is 0 Å². The van der Waals surface area contributed by atoms with Gasteiger partial charge < -0.3 is 10.6 Å². The molecule has 0 atom stereocenters. The molecule has 7 heteroatoms. The van der Waals surface area contributed by atoms with Gasteiger partial charge >= 0.3 is 0 Å². The maximum absolute atomic E-state index is 13.0. The highest BCUT2D eigenvalue weighted by molar-refractivity contribution is 7.89. The summed E-state index contributed by atoms with van der Waals surface area (Å²) in [6, 6.07) is 5.17. The number of carbonyl (C=O) groups is 1. The Balaban J connectivity index is 1.64. The lowest BCUT2D eigenvalue weighted by atomic mass is 9.93. The average Bonchev–Trinajstić information content (AvgIpc) is 2.69. The molecule has 6 nitrogen and oxygen atoms in total. The summed E-state index contributed by atoms with van der Waals surface area (Å²) in [4.78, 5) is 12.6. The number of rotatable bonds is 6. The van der Waals surface area contributed by atoms with Crippen LogP contribution >= 0.6 is 0 Å². The van der Waals surface area contributed by atoms with Gasteiger partial charge in [0, 0.05) is 25.2 Å². The number of benzene rings is 1. The molecule has 2 saturated heterocycles. The molecular weight excluding hydrogens is 362 g/mol. The summed E-state index contributed by atoms with van der Waals surface area (Å²) >= 11 is 0. The Morgan fingerprint density at radius 2 is 1.89 bits per heavy atom. The van der Waals surface area contributed by atoms with Crippen molar-refractivity contribution in [2.24, 2.45) is 5.92 Å². The normalized spacial score (nSPS) is 19.7. The van der Waals surface area contributed by atoms with E-state index in [1.165, 1.54) is 0 Å². The van der Waals surface area contributed by atoms with E-state index in [1.54, 1.807) is 29.4 Å². The van der Waals surface area contributed by atoms with Crippen molar-refractivity contribution >= 4 is 21.6 Å². The Labute approximate surface area is 162 Å². The molecular formula is C20H31N3O3S. The van der Waals surface area contributed by atoms with E-state index in [2.05, 4.69) is 10.6 Å². The number of sulfonamides is 1. The zero-order valence-electron chi connectivity index (χ0n) is 16.2. The minimum Gasteiger partial charge on any atom is -0.326 e. The van der Waals surface area contributed by atoms with Crippen molar-refractivity contribution in [2.75, 3.05) is 31.5 Å². The van der Waals surface area contributed by atoms with Crippen LogP contribution in [0.2, 0.25) is 0 Å². The first kappa shape index (κ1) is 20.3. The smallest absolute Gasteiger partial charge is 0.243 e. The topological polar surface area (TPSA) is 78.5 Å². The standard InChI is InChI=1S/C20H31N3O3S/c1-16-5-7-18(22-20(24)8-6-17-9-11-21-12-10-17)15-19(16)27(25,26)23-13-3-2-4-14-23/h5,7,15,17,21H,2-4,6,8-14H2,1H3,(H,22,24). The maximum Gasteiger partial charge on any atom is 0.243 e. The lowest BCUT2D eigenvalue weighted by Gasteiger charge is -2.26. The van der Waals surface area contributed by atoms with Crippen LogP contribution in [0, 0.1) is 12.8 Å². The van der Waals surface area contributed by atoms with Crippen LogP contribution in [0.4, 0.5) is 5.69 Å². The van der Waals surface area contributed by atoms with Gasteiger partial charge in [0.1, 0.15) is 0 Å². The summed E-state index contributed by atoms with van der Waals surface area (Å²) in [6.07, 6.45) is 6.51. The van der Waals surface area contributed by atoms with Gasteiger partial charge in [-0.05, 0) is 75.7 Å². The van der Waals surface area contributed by atoms with Gasteiger partial charge in [-0.15, -0.1) is 0 Å². The third-order valence-corrected chi connectivity index (χ3v) is 7.68. The number of amides is 1. The number of piperidine rings is 2. The SMILES string of the molecule is Cc1ccc(NC(=O)CCC2CCNCC2)cc1S(=O)(=O)N1CCCCC1. The van der Waals surface area contributed by atoms with Gasteiger partial charge in [-0.1, -0.05) is 12.5 Å². The predicted octanol–water partition coefficient (Wildman–Crippen LogP) is 2.89. The number of hydrogen-bond donors (Lipinski definition) is 2. The van der Waals surface area contributed by atoms with Gasteiger partial charge in [0.15, 0.2) is 0 Å². The molecule has 2 N–H and O–H groups in total. The Kier molecular flexibility index (Phi) is 6.89. The minimum atomic E-state index is -3.51. The van der Waals surface area contributed by atoms with Gasteiger partial charge in [0.2, 0.25) is 15.9 Å². The Morgan fingerprint density at radius 1 is 1.19 bits per heavy atom. The fraction of sp³-hybridized carbons (Fsp3) is 0.650. The molecule has 0 bridgehead atoms. The largest absolute Gasteiger partial charge is 0.326 e. The predicted molar refractivity (Wildman–Crippen MR) is 107 cm³/mol. The molecule has 0 spiro atoms. The summed E-state index contributed by atoms with van der Waals surface area (Å²) < 4.78 is 27.5. The lowest BCUT2D eigenvalue weighted by Crippen LogP contribution is -2.36. The molecule has 1 amide bonds. The zero-order valence-corrected chi connectivity index (χ0v) is 17.0. The number of carbonyl (C=O) groups excluding carboxylic acids is 1. The molecule has 0 aromatic heterocycles. The van der Waals surface area contributed by atoms with Gasteiger partial charge in [0.25, 0.3) is 0 Å². The monoisotopic (exact) mass is 393 g/mol. The molecule has 0 saturated carbocycles. The fourth-order valence-electron chi connectivity index (χ4n) is 3.93. The fourth-order valence-corrected chi connectivity index (χ4v) is 5.70. The van der Waals surface area contributed by atoms with Crippen LogP contribution in [-0.2, 0) is 14.8 Å². The van der Waals surface area contributed by atoms with E-state index in [4.69, 9.17) is 0 Å². The van der Waals surface area contributed by atoms with Crippen molar-refractivity contribution in [3.63, 3.8) is 0 Å². The molecule has 150 valence electrons. The van der Waals surface area contributed by atoms with E-state index in [9.17, 15) is 13.2 Å². The van der Waals surface area contributed by atoms with Crippen LogP contribution in [-0.4, -0.2) is 44.8 Å². The molecule has 2 aliphatic heterocycles. The van der Waals surface area contributed by atoms with E-state index in [0.717, 1.165) is 51.6 Å². The van der Waals surface area contributed by atoms with E-state index >= 15 is 0 Å². The third-order valence-electron chi connectivity index (χ3n) is 5.64. The summed E-state index contributed by atoms with van der Waals surface area (Å²) in [5, 5.41) is 6.22. The van der Waals surface area contributed by atoms with E-state index < -0.39 is 10.0 Å². The second kappa shape index (κ2) is 9.17. The average molecular weight is 394 g/mol. The molecule has 2 aliphatic rings. The molecule has 2 heterocycles. The summed E-state index contributed by atoms with van der Waals surface area (Å²) in [7, 11) is -3.51. The van der Waals surface area contributed by atoms with Crippen molar-refractivity contribution in [1.82, 2.24) is 9.62 Å². The Morgan fingerprint density at radius 3 is 2.59 bits per heavy atom. The van der Waals surface area contributed by atoms with Crippen LogP contribution in [0.3, 0.4) is 0 Å². The highest BCUT2D eigenvalue weighted by atomic mass is 32.2. The van der Waals surface area contributed by atoms with Crippen LogP contribution in [0.1, 0.15) is 50.5 Å². The van der Waals surface area contributed by atoms with E-state index in [0.29, 0.717) is 41.6 Å². The van der Waals surface area contributed by atoms with E-state index in [-0.39, 0.29) is 5.91 Å². The molecule has 0 unspecified atom stereocenters. The lowest BCUT2D eigenvalue weighted by molar-refractivity contribution is -0.116. The van der Waals surface area contributed by atoms with Crippen LogP contribution in [0.15, 0.2) is 23.1 Å². The first-order valence-electron chi connectivity index (χ1n) is 10.1. The van der Waals surface area contributed by atoms with Gasteiger partial charge in [-0.25, -0.2) is 8.42 Å². The second-order valence-corrected chi connectivity index (χ2v) is 9.63. The van der Waals surface area contributed by atoms with Crippen LogP contribution in [0.25, 0.3) is 0 Å². The maximum atomic E-state index is 13.0. The highest BCUT2D eigenvalue weighted by Gasteiger charge is 2.27. The van der Waals surface area contributed by atoms with Crippen LogP contribution in [0.5, 0.6) is 0 Å². The molecule has 0 radical (unpaired) electrons. The first-order valence-corrected chi connectivity index (χ1v) is 11.5. The molecule has 27 heavy (non-hydrogen) atoms. The zero-order chi connectivity index (χ0) is 19.3. The highest BCUT2D eigenvalue weighted by Crippen LogP contribution is 2.26. The molecule has 3 rings (SSSR count). The first-order chi connectivity index (χ1) is 13.0. The summed E-state index contributed by atoms with van der Waals surface area (Å²) in [5.74, 6) is 0.559. The number of nitrogens with one attached hydrogen (secondary N) is 2. The number of anilines is 1. The van der Waals surface area contributed by atoms with Gasteiger partial charge in [-0.3, -0.25) is 4.79 Å². The second-order valence-electron chi connectivity index (χ2n) is 7.73. The van der Waals surface area contributed by atoms with Crippen LogP contribution < -0.4 is 10.6 Å². The number of aryl methyl sites for hydroxylation is 1. The molecule has 1 aromatic rings. The Hall–Kier alpha value is -1.44. The third kappa shape index (κ3) is 5.30. The number of nitrogens with zero attached hydrogens (tertiary/aromatic N) is 1. The Bertz CT molecular complexity index is 752. The van der Waals surface area contributed by atoms with Gasteiger partial charge in [0.05, 0.1) is 4.90 Å². The van der Waals surface area contributed by atoms with Gasteiger partial charge in [-0.2, -0.15) is 4.31 Å². The summed E-state index contributed by atoms with van der Waals surface area (Å²) in [5.41, 5.74) is 1.28. The minimum absolute atomic E-state index is 0.0429. The quantitative estimate of drug-likeness (QED) is 0.779. The van der Waals surface area contributed by atoms with Crippen molar-refractivity contribution in [1.29, 1.82) is 0 Å². The summed E-state index contributed by atoms with van der Waals surface area (Å²) in [6.45, 7) is 5.02. The molecule has 0 aliphatic carbocycles. The number of hydrogen-bond acceptors (Lipinski definition) is 4. The van der Waals surface area contributed by atoms with Crippen molar-refractivity contribution in [3.8, 4) is 0 Å². The van der Waals surface area contributed by atoms with Crippen molar-refractivity contribution < 1.29 is 13.2 Å². The van der Waals surface area contributed by atoms with Crippen molar-refractivity contribution in [2.45, 2.75) is 56.8 Å².